The van der Waals surface area contributed by atoms with Gasteiger partial charge in [-0.15, -0.1) is 0 Å². The molecule has 7 heteroatoms. The molecule has 0 radical (unpaired) electrons. The number of ether oxygens (including phenoxy) is 1. The maximum Gasteiger partial charge on any atom is 0.343 e. The molecule has 1 fully saturated rings. The SMILES string of the molecule is O=C(O)c1c(NCCCOC2CCCC2)noc1-c1ccc(Cl)cc1. The van der Waals surface area contributed by atoms with Gasteiger partial charge in [0.25, 0.3) is 0 Å². The van der Waals surface area contributed by atoms with Gasteiger partial charge in [-0.25, -0.2) is 4.79 Å². The molecule has 3 rings (SSSR count). The van der Waals surface area contributed by atoms with E-state index in [-0.39, 0.29) is 17.1 Å². The molecule has 1 saturated carbocycles. The highest BCUT2D eigenvalue weighted by molar-refractivity contribution is 6.30. The maximum absolute atomic E-state index is 11.6. The van der Waals surface area contributed by atoms with Crippen molar-refractivity contribution in [3.63, 3.8) is 0 Å². The molecule has 0 saturated heterocycles. The number of nitrogens with zero attached hydrogens (tertiary/aromatic N) is 1. The summed E-state index contributed by atoms with van der Waals surface area (Å²) in [5, 5.41) is 17.0. The van der Waals surface area contributed by atoms with E-state index in [1.54, 1.807) is 24.3 Å². The Labute approximate surface area is 151 Å². The number of halogens is 1. The van der Waals surface area contributed by atoms with E-state index in [1.807, 2.05) is 0 Å². The third kappa shape index (κ3) is 4.52. The lowest BCUT2D eigenvalue weighted by Crippen LogP contribution is -2.13. The molecule has 1 aliphatic carbocycles. The summed E-state index contributed by atoms with van der Waals surface area (Å²) in [6.45, 7) is 1.22. The van der Waals surface area contributed by atoms with Crippen LogP contribution in [-0.2, 0) is 4.74 Å². The van der Waals surface area contributed by atoms with Gasteiger partial charge in [0.2, 0.25) is 0 Å². The van der Waals surface area contributed by atoms with E-state index in [1.165, 1.54) is 12.8 Å². The maximum atomic E-state index is 11.6. The van der Waals surface area contributed by atoms with Crippen molar-refractivity contribution >= 4 is 23.4 Å². The Kier molecular flexibility index (Phi) is 5.94. The molecule has 0 unspecified atom stereocenters. The normalized spacial score (nSPS) is 14.8. The van der Waals surface area contributed by atoms with Crippen LogP contribution in [0.25, 0.3) is 11.3 Å². The van der Waals surface area contributed by atoms with Gasteiger partial charge in [0, 0.05) is 23.7 Å². The lowest BCUT2D eigenvalue weighted by atomic mass is 10.1. The average molecular weight is 365 g/mol. The van der Waals surface area contributed by atoms with E-state index in [0.717, 1.165) is 19.3 Å². The van der Waals surface area contributed by atoms with Gasteiger partial charge in [-0.2, -0.15) is 0 Å². The van der Waals surface area contributed by atoms with Crippen molar-refractivity contribution in [1.29, 1.82) is 0 Å². The quantitative estimate of drug-likeness (QED) is 0.673. The second-order valence-electron chi connectivity index (χ2n) is 6.10. The standard InChI is InChI=1S/C18H21ClN2O4/c19-13-8-6-12(7-9-13)16-15(18(22)23)17(21-25-16)20-10-3-11-24-14-4-1-2-5-14/h6-9,14H,1-5,10-11H2,(H,20,21)(H,22,23). The van der Waals surface area contributed by atoms with Gasteiger partial charge in [0.05, 0.1) is 6.10 Å². The molecule has 2 aromatic rings. The highest BCUT2D eigenvalue weighted by Crippen LogP contribution is 2.30. The number of anilines is 1. The summed E-state index contributed by atoms with van der Waals surface area (Å²) < 4.78 is 11.0. The Morgan fingerprint density at radius 3 is 2.72 bits per heavy atom. The summed E-state index contributed by atoms with van der Waals surface area (Å²) >= 11 is 5.87. The molecule has 1 aromatic heterocycles. The molecular weight excluding hydrogens is 344 g/mol. The average Bonchev–Trinajstić information content (AvgIpc) is 3.25. The number of nitrogens with one attached hydrogen (secondary N) is 1. The number of carboxylic acid groups (broad SMARTS) is 1. The first-order chi connectivity index (χ1) is 12.1. The third-order valence-corrected chi connectivity index (χ3v) is 4.53. The van der Waals surface area contributed by atoms with Gasteiger partial charge in [-0.1, -0.05) is 29.6 Å². The van der Waals surface area contributed by atoms with Gasteiger partial charge in [-0.3, -0.25) is 0 Å². The van der Waals surface area contributed by atoms with Gasteiger partial charge in [0.15, 0.2) is 17.1 Å². The Bertz CT molecular complexity index is 708. The van der Waals surface area contributed by atoms with Crippen molar-refractivity contribution < 1.29 is 19.2 Å². The highest BCUT2D eigenvalue weighted by atomic mass is 35.5. The largest absolute Gasteiger partial charge is 0.477 e. The molecule has 0 spiro atoms. The minimum atomic E-state index is -1.09. The molecule has 0 amide bonds. The number of carbonyl (C=O) groups is 1. The minimum absolute atomic E-state index is 0.0269. The Hall–Kier alpha value is -2.05. The summed E-state index contributed by atoms with van der Waals surface area (Å²) in [6.07, 6.45) is 5.94. The third-order valence-electron chi connectivity index (χ3n) is 4.28. The van der Waals surface area contributed by atoms with Crippen molar-refractivity contribution in [3.05, 3.63) is 34.9 Å². The fourth-order valence-electron chi connectivity index (χ4n) is 2.99. The predicted molar refractivity (Wildman–Crippen MR) is 95.2 cm³/mol. The first kappa shape index (κ1) is 17.8. The monoisotopic (exact) mass is 364 g/mol. The summed E-state index contributed by atoms with van der Waals surface area (Å²) in [5.41, 5.74) is 0.644. The Balaban J connectivity index is 1.59. The van der Waals surface area contributed by atoms with Crippen LogP contribution in [0.4, 0.5) is 5.82 Å². The second kappa shape index (κ2) is 8.36. The van der Waals surface area contributed by atoms with Crippen molar-refractivity contribution in [3.8, 4) is 11.3 Å². The van der Waals surface area contributed by atoms with E-state index in [9.17, 15) is 9.90 Å². The van der Waals surface area contributed by atoms with E-state index >= 15 is 0 Å². The number of rotatable bonds is 8. The topological polar surface area (TPSA) is 84.6 Å². The summed E-state index contributed by atoms with van der Waals surface area (Å²) in [7, 11) is 0. The number of benzene rings is 1. The molecule has 0 atom stereocenters. The van der Waals surface area contributed by atoms with Crippen LogP contribution in [0.15, 0.2) is 28.8 Å². The molecular formula is C18H21ClN2O4. The molecule has 2 N–H and O–H groups in total. The van der Waals surface area contributed by atoms with Crippen LogP contribution in [0.2, 0.25) is 5.02 Å². The number of aromatic nitrogens is 1. The molecule has 134 valence electrons. The minimum Gasteiger partial charge on any atom is -0.477 e. The lowest BCUT2D eigenvalue weighted by molar-refractivity contribution is 0.0583. The fraction of sp³-hybridized carbons (Fsp3) is 0.444. The van der Waals surface area contributed by atoms with E-state index in [0.29, 0.717) is 29.8 Å². The molecule has 25 heavy (non-hydrogen) atoms. The van der Waals surface area contributed by atoms with Gasteiger partial charge in [-0.05, 0) is 43.5 Å². The molecule has 0 bridgehead atoms. The number of hydrogen-bond acceptors (Lipinski definition) is 5. The summed E-state index contributed by atoms with van der Waals surface area (Å²) in [4.78, 5) is 11.6. The first-order valence-electron chi connectivity index (χ1n) is 8.49. The van der Waals surface area contributed by atoms with Crippen LogP contribution < -0.4 is 5.32 Å². The van der Waals surface area contributed by atoms with Crippen LogP contribution in [0, 0.1) is 0 Å². The summed E-state index contributed by atoms with van der Waals surface area (Å²) in [6, 6.07) is 6.76. The Morgan fingerprint density at radius 2 is 2.04 bits per heavy atom. The van der Waals surface area contributed by atoms with Crippen molar-refractivity contribution in [2.75, 3.05) is 18.5 Å². The number of hydrogen-bond donors (Lipinski definition) is 2. The van der Waals surface area contributed by atoms with Gasteiger partial charge < -0.3 is 19.7 Å². The van der Waals surface area contributed by atoms with Gasteiger partial charge >= 0.3 is 5.97 Å². The molecule has 1 heterocycles. The van der Waals surface area contributed by atoms with Gasteiger partial charge in [0.1, 0.15) is 0 Å². The lowest BCUT2D eigenvalue weighted by Gasteiger charge is -2.10. The zero-order valence-electron chi connectivity index (χ0n) is 13.8. The molecule has 0 aliphatic heterocycles. The van der Waals surface area contributed by atoms with Crippen molar-refractivity contribution in [2.45, 2.75) is 38.2 Å². The van der Waals surface area contributed by atoms with Crippen molar-refractivity contribution in [1.82, 2.24) is 5.16 Å². The summed E-state index contributed by atoms with van der Waals surface area (Å²) in [5.74, 6) is -0.636. The molecule has 1 aromatic carbocycles. The van der Waals surface area contributed by atoms with E-state index in [2.05, 4.69) is 10.5 Å². The zero-order valence-corrected chi connectivity index (χ0v) is 14.6. The predicted octanol–water partition coefficient (Wildman–Crippen LogP) is 4.45. The number of aromatic carboxylic acids is 1. The van der Waals surface area contributed by atoms with E-state index in [4.69, 9.17) is 20.9 Å². The van der Waals surface area contributed by atoms with Crippen LogP contribution in [0.5, 0.6) is 0 Å². The fourth-order valence-corrected chi connectivity index (χ4v) is 3.12. The van der Waals surface area contributed by atoms with Crippen LogP contribution in [0.1, 0.15) is 42.5 Å². The smallest absolute Gasteiger partial charge is 0.343 e. The highest BCUT2D eigenvalue weighted by Gasteiger charge is 2.23. The van der Waals surface area contributed by atoms with E-state index < -0.39 is 5.97 Å². The second-order valence-corrected chi connectivity index (χ2v) is 6.54. The first-order valence-corrected chi connectivity index (χ1v) is 8.87. The number of carboxylic acids is 1. The van der Waals surface area contributed by atoms with Crippen LogP contribution in [0.3, 0.4) is 0 Å². The van der Waals surface area contributed by atoms with Crippen LogP contribution >= 0.6 is 11.6 Å². The molecule has 1 aliphatic rings. The van der Waals surface area contributed by atoms with Crippen LogP contribution in [-0.4, -0.2) is 35.5 Å². The van der Waals surface area contributed by atoms with Crippen molar-refractivity contribution in [2.24, 2.45) is 0 Å². The molecule has 6 nitrogen and oxygen atoms in total. The Morgan fingerprint density at radius 1 is 1.32 bits per heavy atom. The zero-order chi connectivity index (χ0) is 17.6.